The van der Waals surface area contributed by atoms with E-state index in [1.54, 1.807) is 12.1 Å². The Hall–Kier alpha value is -1.76. The number of aromatic amines is 1. The fourth-order valence-corrected chi connectivity index (χ4v) is 1.77. The number of nitrogens with zero attached hydrogens (tertiary/aromatic N) is 1. The quantitative estimate of drug-likeness (QED) is 0.765. The van der Waals surface area contributed by atoms with Crippen LogP contribution in [0.2, 0.25) is 0 Å². The van der Waals surface area contributed by atoms with Crippen molar-refractivity contribution >= 4 is 5.91 Å². The zero-order valence-corrected chi connectivity index (χ0v) is 8.63. The lowest BCUT2D eigenvalue weighted by Gasteiger charge is -2.38. The lowest BCUT2D eigenvalue weighted by molar-refractivity contribution is 0.0846. The Morgan fingerprint density at radius 3 is 2.80 bits per heavy atom. The maximum absolute atomic E-state index is 11.7. The average Bonchev–Trinajstić information content (AvgIpc) is 2.63. The summed E-state index contributed by atoms with van der Waals surface area (Å²) < 4.78 is 0. The predicted octanol–water partition coefficient (Wildman–Crippen LogP) is 1.56. The van der Waals surface area contributed by atoms with Crippen LogP contribution in [-0.2, 0) is 0 Å². The van der Waals surface area contributed by atoms with Crippen LogP contribution < -0.4 is 5.32 Å². The maximum atomic E-state index is 11.7. The van der Waals surface area contributed by atoms with Crippen LogP contribution in [0.25, 0.3) is 0 Å². The highest BCUT2D eigenvalue weighted by Crippen LogP contribution is 2.31. The molecule has 1 aromatic rings. The SMILES string of the molecule is CC1(NC(=O)c2ccc(C#N)[nH]2)CCC1. The van der Waals surface area contributed by atoms with Gasteiger partial charge in [0.05, 0.1) is 0 Å². The molecule has 2 N–H and O–H groups in total. The minimum absolute atomic E-state index is 0.0466. The largest absolute Gasteiger partial charge is 0.346 e. The molecule has 0 bridgehead atoms. The van der Waals surface area contributed by atoms with E-state index in [-0.39, 0.29) is 11.4 Å². The van der Waals surface area contributed by atoms with Gasteiger partial charge in [0.1, 0.15) is 17.5 Å². The maximum Gasteiger partial charge on any atom is 0.268 e. The van der Waals surface area contributed by atoms with Gasteiger partial charge in [0.2, 0.25) is 0 Å². The van der Waals surface area contributed by atoms with E-state index in [1.165, 1.54) is 6.42 Å². The van der Waals surface area contributed by atoms with Gasteiger partial charge < -0.3 is 10.3 Å². The summed E-state index contributed by atoms with van der Waals surface area (Å²) in [5, 5.41) is 11.6. The second kappa shape index (κ2) is 3.43. The fourth-order valence-electron chi connectivity index (χ4n) is 1.77. The molecule has 0 atom stereocenters. The number of amides is 1. The monoisotopic (exact) mass is 203 g/mol. The first kappa shape index (κ1) is 9.78. The van der Waals surface area contributed by atoms with Gasteiger partial charge in [0.25, 0.3) is 5.91 Å². The number of carbonyl (C=O) groups excluding carboxylic acids is 1. The standard InChI is InChI=1S/C11H13N3O/c1-11(5-2-6-11)14-10(15)9-4-3-8(7-12)13-9/h3-4,13H,2,5-6H2,1H3,(H,14,15). The summed E-state index contributed by atoms with van der Waals surface area (Å²) in [7, 11) is 0. The van der Waals surface area contributed by atoms with E-state index in [0.29, 0.717) is 11.4 Å². The van der Waals surface area contributed by atoms with Crippen molar-refractivity contribution in [2.75, 3.05) is 0 Å². The van der Waals surface area contributed by atoms with Gasteiger partial charge in [-0.25, -0.2) is 0 Å². The van der Waals surface area contributed by atoms with Gasteiger partial charge in [-0.05, 0) is 38.3 Å². The molecule has 1 aliphatic rings. The molecule has 1 saturated carbocycles. The third-order valence-corrected chi connectivity index (χ3v) is 2.92. The van der Waals surface area contributed by atoms with Crippen molar-refractivity contribution < 1.29 is 4.79 Å². The molecule has 1 amide bonds. The molecule has 1 aliphatic carbocycles. The molecular weight excluding hydrogens is 190 g/mol. The lowest BCUT2D eigenvalue weighted by atomic mass is 9.78. The summed E-state index contributed by atoms with van der Waals surface area (Å²) in [5.74, 6) is -0.126. The molecule has 2 rings (SSSR count). The first-order valence-corrected chi connectivity index (χ1v) is 5.05. The molecule has 4 nitrogen and oxygen atoms in total. The molecule has 0 radical (unpaired) electrons. The fraction of sp³-hybridized carbons (Fsp3) is 0.455. The molecule has 4 heteroatoms. The number of nitrogens with one attached hydrogen (secondary N) is 2. The Bertz CT molecular complexity index is 423. The van der Waals surface area contributed by atoms with E-state index in [0.717, 1.165) is 12.8 Å². The van der Waals surface area contributed by atoms with Crippen LogP contribution in [0.5, 0.6) is 0 Å². The summed E-state index contributed by atoms with van der Waals surface area (Å²) in [6.45, 7) is 2.04. The van der Waals surface area contributed by atoms with Gasteiger partial charge in [-0.1, -0.05) is 0 Å². The minimum Gasteiger partial charge on any atom is -0.346 e. The minimum atomic E-state index is -0.126. The zero-order valence-electron chi connectivity index (χ0n) is 8.63. The summed E-state index contributed by atoms with van der Waals surface area (Å²) >= 11 is 0. The predicted molar refractivity (Wildman–Crippen MR) is 55.2 cm³/mol. The Kier molecular flexibility index (Phi) is 2.24. The zero-order chi connectivity index (χ0) is 10.9. The highest BCUT2D eigenvalue weighted by molar-refractivity contribution is 5.93. The number of hydrogen-bond acceptors (Lipinski definition) is 2. The molecule has 1 aromatic heterocycles. The van der Waals surface area contributed by atoms with Crippen molar-refractivity contribution in [2.24, 2.45) is 0 Å². The molecule has 0 spiro atoms. The molecular formula is C11H13N3O. The smallest absolute Gasteiger partial charge is 0.268 e. The van der Waals surface area contributed by atoms with Crippen molar-refractivity contribution in [1.29, 1.82) is 5.26 Å². The van der Waals surface area contributed by atoms with Gasteiger partial charge in [-0.15, -0.1) is 0 Å². The van der Waals surface area contributed by atoms with Crippen molar-refractivity contribution in [2.45, 2.75) is 31.7 Å². The van der Waals surface area contributed by atoms with E-state index in [1.807, 2.05) is 13.0 Å². The molecule has 78 valence electrons. The van der Waals surface area contributed by atoms with Crippen LogP contribution in [0.1, 0.15) is 42.4 Å². The van der Waals surface area contributed by atoms with Gasteiger partial charge >= 0.3 is 0 Å². The molecule has 0 unspecified atom stereocenters. The van der Waals surface area contributed by atoms with Crippen molar-refractivity contribution in [3.05, 3.63) is 23.5 Å². The first-order chi connectivity index (χ1) is 7.13. The summed E-state index contributed by atoms with van der Waals surface area (Å²) in [4.78, 5) is 14.5. The number of rotatable bonds is 2. The second-order valence-corrected chi connectivity index (χ2v) is 4.27. The van der Waals surface area contributed by atoms with Gasteiger partial charge in [-0.3, -0.25) is 4.79 Å². The van der Waals surface area contributed by atoms with Crippen LogP contribution in [0.4, 0.5) is 0 Å². The summed E-state index contributed by atoms with van der Waals surface area (Å²) in [5.41, 5.74) is 0.827. The lowest BCUT2D eigenvalue weighted by Crippen LogP contribution is -2.51. The van der Waals surface area contributed by atoms with Gasteiger partial charge in [0, 0.05) is 5.54 Å². The van der Waals surface area contributed by atoms with Crippen molar-refractivity contribution in [3.63, 3.8) is 0 Å². The van der Waals surface area contributed by atoms with E-state index >= 15 is 0 Å². The highest BCUT2D eigenvalue weighted by atomic mass is 16.2. The van der Waals surface area contributed by atoms with E-state index in [4.69, 9.17) is 5.26 Å². The van der Waals surface area contributed by atoms with Gasteiger partial charge in [0.15, 0.2) is 0 Å². The number of carbonyl (C=O) groups is 1. The summed E-state index contributed by atoms with van der Waals surface area (Å²) in [6, 6.07) is 5.20. The Morgan fingerprint density at radius 2 is 2.33 bits per heavy atom. The number of nitriles is 1. The summed E-state index contributed by atoms with van der Waals surface area (Å²) in [6.07, 6.45) is 3.24. The molecule has 1 fully saturated rings. The second-order valence-electron chi connectivity index (χ2n) is 4.27. The number of H-pyrrole nitrogens is 1. The molecule has 0 aromatic carbocycles. The van der Waals surface area contributed by atoms with Crippen LogP contribution in [0, 0.1) is 11.3 Å². The highest BCUT2D eigenvalue weighted by Gasteiger charge is 2.33. The number of aromatic nitrogens is 1. The first-order valence-electron chi connectivity index (χ1n) is 5.05. The van der Waals surface area contributed by atoms with E-state index in [9.17, 15) is 4.79 Å². The molecule has 15 heavy (non-hydrogen) atoms. The number of hydrogen-bond donors (Lipinski definition) is 2. The Labute approximate surface area is 88.3 Å². The average molecular weight is 203 g/mol. The third kappa shape index (κ3) is 1.86. The Balaban J connectivity index is 2.05. The van der Waals surface area contributed by atoms with E-state index in [2.05, 4.69) is 10.3 Å². The van der Waals surface area contributed by atoms with Crippen molar-refractivity contribution in [1.82, 2.24) is 10.3 Å². The molecule has 0 aliphatic heterocycles. The molecule has 1 heterocycles. The van der Waals surface area contributed by atoms with Crippen LogP contribution in [0.3, 0.4) is 0 Å². The Morgan fingerprint density at radius 1 is 1.60 bits per heavy atom. The molecule has 0 saturated heterocycles. The topological polar surface area (TPSA) is 68.7 Å². The van der Waals surface area contributed by atoms with Crippen LogP contribution >= 0.6 is 0 Å². The van der Waals surface area contributed by atoms with Crippen LogP contribution in [-0.4, -0.2) is 16.4 Å². The van der Waals surface area contributed by atoms with Gasteiger partial charge in [-0.2, -0.15) is 5.26 Å². The normalized spacial score (nSPS) is 17.6. The third-order valence-electron chi connectivity index (χ3n) is 2.92. The van der Waals surface area contributed by atoms with Crippen molar-refractivity contribution in [3.8, 4) is 6.07 Å². The van der Waals surface area contributed by atoms with E-state index < -0.39 is 0 Å². The van der Waals surface area contributed by atoms with Crippen LogP contribution in [0.15, 0.2) is 12.1 Å².